The summed E-state index contributed by atoms with van der Waals surface area (Å²) < 4.78 is 36.5. The molecule has 3 aromatic rings. The van der Waals surface area contributed by atoms with Crippen LogP contribution in [-0.4, -0.2) is 37.0 Å². The first kappa shape index (κ1) is 23.0. The van der Waals surface area contributed by atoms with Crippen molar-refractivity contribution in [2.75, 3.05) is 11.1 Å². The van der Waals surface area contributed by atoms with Gasteiger partial charge in [-0.15, -0.1) is 0 Å². The highest BCUT2D eigenvalue weighted by molar-refractivity contribution is 7.94. The highest BCUT2D eigenvalue weighted by atomic mass is 32.2. The first-order chi connectivity index (χ1) is 16.7. The molecule has 1 saturated carbocycles. The number of fused-ring (bicyclic) bond motifs is 1. The summed E-state index contributed by atoms with van der Waals surface area (Å²) in [5.41, 5.74) is 0.950. The van der Waals surface area contributed by atoms with Crippen molar-refractivity contribution in [3.8, 4) is 0 Å². The van der Waals surface area contributed by atoms with Crippen molar-refractivity contribution >= 4 is 38.2 Å². The third kappa shape index (κ3) is 4.61. The van der Waals surface area contributed by atoms with Crippen LogP contribution in [0, 0.1) is 5.82 Å². The monoisotopic (exact) mass is 495 g/mol. The molecule has 2 aliphatic rings. The number of hydrogen-bond donors (Lipinski definition) is 3. The maximum absolute atomic E-state index is 13.3. The number of anilines is 1. The van der Waals surface area contributed by atoms with Crippen LogP contribution in [0.25, 0.3) is 10.9 Å². The Bertz CT molecular complexity index is 1540. The Kier molecular flexibility index (Phi) is 5.76. The van der Waals surface area contributed by atoms with Gasteiger partial charge in [0.1, 0.15) is 11.4 Å². The molecule has 0 unspecified atom stereocenters. The van der Waals surface area contributed by atoms with E-state index in [0.29, 0.717) is 22.2 Å². The van der Waals surface area contributed by atoms with Crippen LogP contribution in [0.1, 0.15) is 51.5 Å². The molecule has 1 aliphatic carbocycles. The largest absolute Gasteiger partial charge is 0.345 e. The predicted octanol–water partition coefficient (Wildman–Crippen LogP) is 3.23. The molecular formula is C25H22FN3O5S. The maximum atomic E-state index is 13.3. The summed E-state index contributed by atoms with van der Waals surface area (Å²) in [5, 5.41) is 6.83. The number of H-pyrrole nitrogens is 1. The van der Waals surface area contributed by atoms with Gasteiger partial charge in [-0.1, -0.05) is 18.6 Å². The number of carbonyl (C=O) groups is 2. The molecule has 5 rings (SSSR count). The van der Waals surface area contributed by atoms with Crippen LogP contribution in [-0.2, 0) is 9.84 Å². The van der Waals surface area contributed by atoms with Crippen LogP contribution in [0.4, 0.5) is 10.1 Å². The highest BCUT2D eigenvalue weighted by Crippen LogP contribution is 2.40. The number of rotatable bonds is 5. The summed E-state index contributed by atoms with van der Waals surface area (Å²) in [5.74, 6) is -1.67. The smallest absolute Gasteiger partial charge is 0.261 e. The molecule has 1 aromatic heterocycles. The Balaban J connectivity index is 1.52. The highest BCUT2D eigenvalue weighted by Gasteiger charge is 2.28. The van der Waals surface area contributed by atoms with Crippen molar-refractivity contribution in [3.05, 3.63) is 86.8 Å². The van der Waals surface area contributed by atoms with Gasteiger partial charge in [0.05, 0.1) is 22.9 Å². The lowest BCUT2D eigenvalue weighted by Gasteiger charge is -2.28. The van der Waals surface area contributed by atoms with E-state index in [2.05, 4.69) is 15.6 Å². The molecule has 0 bridgehead atoms. The number of sulfone groups is 1. The maximum Gasteiger partial charge on any atom is 0.261 e. The molecule has 8 nitrogen and oxygen atoms in total. The first-order valence-electron chi connectivity index (χ1n) is 11.2. The number of aromatic nitrogens is 1. The zero-order valence-corrected chi connectivity index (χ0v) is 19.3. The molecule has 1 fully saturated rings. The molecule has 180 valence electrons. The average Bonchev–Trinajstić information content (AvgIpc) is 3.11. The Morgan fingerprint density at radius 2 is 1.77 bits per heavy atom. The van der Waals surface area contributed by atoms with E-state index in [-0.39, 0.29) is 17.2 Å². The molecule has 0 radical (unpaired) electrons. The van der Waals surface area contributed by atoms with Crippen molar-refractivity contribution < 1.29 is 22.4 Å². The number of carbonyl (C=O) groups excluding carboxylic acids is 2. The van der Waals surface area contributed by atoms with Crippen molar-refractivity contribution in [2.24, 2.45) is 0 Å². The van der Waals surface area contributed by atoms with E-state index in [1.54, 1.807) is 6.07 Å². The van der Waals surface area contributed by atoms with Gasteiger partial charge in [-0.3, -0.25) is 14.4 Å². The zero-order chi connectivity index (χ0) is 24.7. The molecule has 0 spiro atoms. The van der Waals surface area contributed by atoms with E-state index < -0.39 is 39.1 Å². The van der Waals surface area contributed by atoms with Crippen molar-refractivity contribution in [2.45, 2.75) is 31.2 Å². The van der Waals surface area contributed by atoms with Crippen LogP contribution in [0.3, 0.4) is 0 Å². The fourth-order valence-corrected chi connectivity index (χ4v) is 5.64. The van der Waals surface area contributed by atoms with Gasteiger partial charge in [0.25, 0.3) is 17.4 Å². The summed E-state index contributed by atoms with van der Waals surface area (Å²) in [6, 6.07) is 9.64. The molecule has 0 saturated heterocycles. The lowest BCUT2D eigenvalue weighted by Crippen LogP contribution is -2.38. The van der Waals surface area contributed by atoms with Gasteiger partial charge in [0.2, 0.25) is 0 Å². The fraction of sp³-hybridized carbons (Fsp3) is 0.240. The minimum absolute atomic E-state index is 0.177. The Hall–Kier alpha value is -3.79. The van der Waals surface area contributed by atoms with Gasteiger partial charge >= 0.3 is 0 Å². The summed E-state index contributed by atoms with van der Waals surface area (Å²) in [7, 11) is -3.37. The minimum atomic E-state index is -3.37. The number of halogens is 1. The topological polar surface area (TPSA) is 125 Å². The van der Waals surface area contributed by atoms with E-state index in [1.165, 1.54) is 36.4 Å². The van der Waals surface area contributed by atoms with Crippen LogP contribution in [0.2, 0.25) is 0 Å². The van der Waals surface area contributed by atoms with E-state index in [4.69, 9.17) is 0 Å². The average molecular weight is 496 g/mol. The minimum Gasteiger partial charge on any atom is -0.345 e. The van der Waals surface area contributed by atoms with E-state index in [0.717, 1.165) is 30.2 Å². The number of aromatic amines is 1. The first-order valence-corrected chi connectivity index (χ1v) is 12.9. The zero-order valence-electron chi connectivity index (χ0n) is 18.5. The molecule has 2 aromatic carbocycles. The molecule has 2 heterocycles. The van der Waals surface area contributed by atoms with Gasteiger partial charge in [0, 0.05) is 11.1 Å². The van der Waals surface area contributed by atoms with E-state index in [1.807, 2.05) is 6.07 Å². The fourth-order valence-electron chi connectivity index (χ4n) is 4.40. The summed E-state index contributed by atoms with van der Waals surface area (Å²) in [6.07, 6.45) is 4.25. The van der Waals surface area contributed by atoms with Gasteiger partial charge in [-0.05, 0) is 66.1 Å². The van der Waals surface area contributed by atoms with E-state index >= 15 is 0 Å². The number of nitrogens with one attached hydrogen (secondary N) is 3. The van der Waals surface area contributed by atoms with Gasteiger partial charge in [-0.25, -0.2) is 12.8 Å². The van der Waals surface area contributed by atoms with Crippen LogP contribution < -0.4 is 16.2 Å². The predicted molar refractivity (Wildman–Crippen MR) is 130 cm³/mol. The van der Waals surface area contributed by atoms with Crippen molar-refractivity contribution in [1.29, 1.82) is 0 Å². The number of pyridine rings is 1. The molecular weight excluding hydrogens is 473 g/mol. The normalized spacial score (nSPS) is 18.8. The third-order valence-electron chi connectivity index (χ3n) is 6.42. The summed E-state index contributed by atoms with van der Waals surface area (Å²) >= 11 is 0. The van der Waals surface area contributed by atoms with Crippen LogP contribution in [0.5, 0.6) is 0 Å². The van der Waals surface area contributed by atoms with Crippen molar-refractivity contribution in [3.63, 3.8) is 0 Å². The second-order valence-corrected chi connectivity index (χ2v) is 10.8. The Labute approximate surface area is 200 Å². The van der Waals surface area contributed by atoms with Crippen LogP contribution in [0.15, 0.2) is 58.7 Å². The van der Waals surface area contributed by atoms with Crippen LogP contribution >= 0.6 is 0 Å². The number of amides is 2. The Morgan fingerprint density at radius 3 is 2.40 bits per heavy atom. The molecule has 10 heteroatoms. The SMILES string of the molecule is O=C(N[C@@H]1C=CS(=O)(=O)C1)c1cc2ccc(C3CCC3)c(C(=O)Nc3ccc(F)cc3)c2[nH]c1=O. The van der Waals surface area contributed by atoms with Gasteiger partial charge in [-0.2, -0.15) is 0 Å². The lowest BCUT2D eigenvalue weighted by atomic mass is 9.77. The molecule has 2 amide bonds. The standard InChI is InChI=1S/C25H22FN3O5S/c26-16-5-7-17(8-6-16)27-25(32)21-19(14-2-1-3-14)9-4-15-12-20(24(31)29-22(15)21)23(30)28-18-10-11-35(33,34)13-18/h4-12,14,18H,1-3,13H2,(H,27,32)(H,28,30)(H,29,31)/t18-/m1/s1. The molecule has 3 N–H and O–H groups in total. The lowest BCUT2D eigenvalue weighted by molar-refractivity contribution is 0.0945. The second kappa shape index (κ2) is 8.77. The summed E-state index contributed by atoms with van der Waals surface area (Å²) in [4.78, 5) is 41.6. The van der Waals surface area contributed by atoms with E-state index in [9.17, 15) is 27.2 Å². The number of hydrogen-bond acceptors (Lipinski definition) is 5. The number of benzene rings is 2. The molecule has 35 heavy (non-hydrogen) atoms. The second-order valence-electron chi connectivity index (χ2n) is 8.83. The van der Waals surface area contributed by atoms with Gasteiger partial charge < -0.3 is 15.6 Å². The third-order valence-corrected chi connectivity index (χ3v) is 7.81. The van der Waals surface area contributed by atoms with Gasteiger partial charge in [0.15, 0.2) is 9.84 Å². The Morgan fingerprint density at radius 1 is 1.03 bits per heavy atom. The van der Waals surface area contributed by atoms with Crippen molar-refractivity contribution in [1.82, 2.24) is 10.3 Å². The molecule has 1 aliphatic heterocycles. The molecule has 1 atom stereocenters. The summed E-state index contributed by atoms with van der Waals surface area (Å²) in [6.45, 7) is 0. The quantitative estimate of drug-likeness (QED) is 0.501.